The second kappa shape index (κ2) is 9.61. The molecule has 0 saturated carbocycles. The Morgan fingerprint density at radius 2 is 2.25 bits per heavy atom. The van der Waals surface area contributed by atoms with Crippen molar-refractivity contribution in [2.45, 2.75) is 30.0 Å². The topological polar surface area (TPSA) is 87.5 Å². The lowest BCUT2D eigenvalue weighted by Crippen LogP contribution is -2.33. The fraction of sp³-hybridized carbons (Fsp3) is 0.421. The molecule has 0 aliphatic carbocycles. The van der Waals surface area contributed by atoms with Crippen LogP contribution in [0.15, 0.2) is 42.1 Å². The average Bonchev–Trinajstić information content (AvgIpc) is 3.10. The third-order valence-electron chi connectivity index (χ3n) is 4.11. The lowest BCUT2D eigenvalue weighted by atomic mass is 10.2. The Balaban J connectivity index is 1.73. The maximum atomic E-state index is 12.2. The monoisotopic (exact) mass is 404 g/mol. The number of benzene rings is 1. The number of para-hydroxylation sites is 2. The number of carbonyl (C=O) groups is 1. The van der Waals surface area contributed by atoms with E-state index in [0.717, 1.165) is 0 Å². The number of aromatic nitrogens is 3. The van der Waals surface area contributed by atoms with E-state index in [-0.39, 0.29) is 17.3 Å². The van der Waals surface area contributed by atoms with Gasteiger partial charge in [0, 0.05) is 20.2 Å². The van der Waals surface area contributed by atoms with E-state index in [2.05, 4.69) is 22.1 Å². The number of rotatable bonds is 9. The van der Waals surface area contributed by atoms with Crippen molar-refractivity contribution in [2.75, 3.05) is 26.9 Å². The van der Waals surface area contributed by atoms with Gasteiger partial charge >= 0.3 is 0 Å². The summed E-state index contributed by atoms with van der Waals surface area (Å²) < 4.78 is 18.7. The van der Waals surface area contributed by atoms with E-state index < -0.39 is 0 Å². The highest BCUT2D eigenvalue weighted by Gasteiger charge is 2.29. The van der Waals surface area contributed by atoms with Gasteiger partial charge < -0.3 is 19.5 Å². The van der Waals surface area contributed by atoms with Crippen molar-refractivity contribution in [3.8, 4) is 11.5 Å². The van der Waals surface area contributed by atoms with Crippen LogP contribution in [0.25, 0.3) is 0 Å². The SMILES string of the molecule is C=CCn1c(S[C@@H](C)C(=O)NCCOC)nnc1[C@@H]1COc2ccccc2O1. The minimum Gasteiger partial charge on any atom is -0.485 e. The minimum atomic E-state index is -0.387. The zero-order chi connectivity index (χ0) is 19.9. The molecule has 3 rings (SSSR count). The van der Waals surface area contributed by atoms with Crippen LogP contribution in [0.1, 0.15) is 18.9 Å². The molecular formula is C19H24N4O4S. The number of allylic oxidation sites excluding steroid dienone is 1. The lowest BCUT2D eigenvalue weighted by Gasteiger charge is -2.26. The third-order valence-corrected chi connectivity index (χ3v) is 5.19. The number of nitrogens with zero attached hydrogens (tertiary/aromatic N) is 3. The first-order chi connectivity index (χ1) is 13.6. The zero-order valence-corrected chi connectivity index (χ0v) is 16.8. The van der Waals surface area contributed by atoms with Gasteiger partial charge in [-0.05, 0) is 19.1 Å². The quantitative estimate of drug-likeness (QED) is 0.389. The fourth-order valence-electron chi connectivity index (χ4n) is 2.70. The van der Waals surface area contributed by atoms with Gasteiger partial charge in [-0.25, -0.2) is 0 Å². The molecule has 150 valence electrons. The van der Waals surface area contributed by atoms with Crippen LogP contribution in [0.3, 0.4) is 0 Å². The normalized spacial score (nSPS) is 16.4. The molecule has 9 heteroatoms. The molecule has 1 aromatic carbocycles. The summed E-state index contributed by atoms with van der Waals surface area (Å²) >= 11 is 1.34. The van der Waals surface area contributed by atoms with Crippen LogP contribution in [0.5, 0.6) is 11.5 Å². The lowest BCUT2D eigenvalue weighted by molar-refractivity contribution is -0.120. The first kappa shape index (κ1) is 20.2. The van der Waals surface area contributed by atoms with Crippen LogP contribution in [0, 0.1) is 0 Å². The number of hydrogen-bond acceptors (Lipinski definition) is 7. The molecule has 1 N–H and O–H groups in total. The molecule has 8 nitrogen and oxygen atoms in total. The van der Waals surface area contributed by atoms with Crippen molar-refractivity contribution < 1.29 is 19.0 Å². The van der Waals surface area contributed by atoms with Gasteiger partial charge in [0.1, 0.15) is 6.61 Å². The van der Waals surface area contributed by atoms with Crippen molar-refractivity contribution in [1.82, 2.24) is 20.1 Å². The summed E-state index contributed by atoms with van der Waals surface area (Å²) in [7, 11) is 1.60. The van der Waals surface area contributed by atoms with Gasteiger partial charge in [0.25, 0.3) is 0 Å². The molecule has 1 aliphatic heterocycles. The molecule has 0 radical (unpaired) electrons. The van der Waals surface area contributed by atoms with Crippen molar-refractivity contribution >= 4 is 17.7 Å². The predicted molar refractivity (Wildman–Crippen MR) is 106 cm³/mol. The molecule has 2 aromatic rings. The summed E-state index contributed by atoms with van der Waals surface area (Å²) in [4.78, 5) is 12.2. The summed E-state index contributed by atoms with van der Waals surface area (Å²) in [6.45, 7) is 7.43. The Morgan fingerprint density at radius 3 is 3.00 bits per heavy atom. The van der Waals surface area contributed by atoms with Crippen LogP contribution in [-0.2, 0) is 16.1 Å². The van der Waals surface area contributed by atoms with Gasteiger partial charge in [0.15, 0.2) is 28.6 Å². The van der Waals surface area contributed by atoms with Gasteiger partial charge in [0.05, 0.1) is 11.9 Å². The largest absolute Gasteiger partial charge is 0.485 e. The number of amides is 1. The highest BCUT2D eigenvalue weighted by atomic mass is 32.2. The van der Waals surface area contributed by atoms with Crippen LogP contribution in [-0.4, -0.2) is 52.8 Å². The average molecular weight is 404 g/mol. The third kappa shape index (κ3) is 4.66. The Hall–Kier alpha value is -2.52. The van der Waals surface area contributed by atoms with E-state index in [9.17, 15) is 4.79 Å². The van der Waals surface area contributed by atoms with E-state index in [1.165, 1.54) is 11.8 Å². The second-order valence-electron chi connectivity index (χ2n) is 6.15. The highest BCUT2D eigenvalue weighted by Crippen LogP contribution is 2.36. The van der Waals surface area contributed by atoms with E-state index >= 15 is 0 Å². The Kier molecular flexibility index (Phi) is 6.94. The molecular weight excluding hydrogens is 380 g/mol. The molecule has 1 aromatic heterocycles. The van der Waals surface area contributed by atoms with Gasteiger partial charge in [-0.1, -0.05) is 30.0 Å². The Morgan fingerprint density at radius 1 is 1.46 bits per heavy atom. The van der Waals surface area contributed by atoms with Crippen LogP contribution in [0.4, 0.5) is 0 Å². The number of hydrogen-bond donors (Lipinski definition) is 1. The molecule has 0 saturated heterocycles. The molecule has 28 heavy (non-hydrogen) atoms. The molecule has 0 spiro atoms. The van der Waals surface area contributed by atoms with Crippen LogP contribution >= 0.6 is 11.8 Å². The summed E-state index contributed by atoms with van der Waals surface area (Å²) in [6, 6.07) is 7.52. The second-order valence-corrected chi connectivity index (χ2v) is 7.46. The van der Waals surface area contributed by atoms with E-state index in [1.54, 1.807) is 13.2 Å². The van der Waals surface area contributed by atoms with Gasteiger partial charge in [-0.3, -0.25) is 9.36 Å². The van der Waals surface area contributed by atoms with E-state index in [4.69, 9.17) is 14.2 Å². The van der Waals surface area contributed by atoms with E-state index in [1.807, 2.05) is 35.8 Å². The smallest absolute Gasteiger partial charge is 0.233 e. The minimum absolute atomic E-state index is 0.0806. The number of nitrogens with one attached hydrogen (secondary N) is 1. The number of thioether (sulfide) groups is 1. The summed E-state index contributed by atoms with van der Waals surface area (Å²) in [5, 5.41) is 11.7. The molecule has 0 fully saturated rings. The van der Waals surface area contributed by atoms with Gasteiger partial charge in [0.2, 0.25) is 5.91 Å². The molecule has 2 atom stereocenters. The highest BCUT2D eigenvalue weighted by molar-refractivity contribution is 8.00. The maximum Gasteiger partial charge on any atom is 0.233 e. The van der Waals surface area contributed by atoms with Gasteiger partial charge in [-0.2, -0.15) is 0 Å². The van der Waals surface area contributed by atoms with Crippen molar-refractivity contribution in [3.05, 3.63) is 42.7 Å². The molecule has 2 heterocycles. The Labute approximate surface area is 168 Å². The summed E-state index contributed by atoms with van der Waals surface area (Å²) in [5.74, 6) is 1.95. The molecule has 0 bridgehead atoms. The van der Waals surface area contributed by atoms with Crippen molar-refractivity contribution in [3.63, 3.8) is 0 Å². The molecule has 0 unspecified atom stereocenters. The van der Waals surface area contributed by atoms with Crippen LogP contribution in [0.2, 0.25) is 0 Å². The van der Waals surface area contributed by atoms with Crippen molar-refractivity contribution in [1.29, 1.82) is 0 Å². The molecule has 1 amide bonds. The Bertz CT molecular complexity index is 826. The summed E-state index contributed by atoms with van der Waals surface area (Å²) in [5.41, 5.74) is 0. The fourth-order valence-corrected chi connectivity index (χ4v) is 3.59. The van der Waals surface area contributed by atoms with E-state index in [0.29, 0.717) is 48.8 Å². The van der Waals surface area contributed by atoms with Gasteiger partial charge in [-0.15, -0.1) is 16.8 Å². The summed E-state index contributed by atoms with van der Waals surface area (Å²) in [6.07, 6.45) is 1.38. The van der Waals surface area contributed by atoms with Crippen molar-refractivity contribution in [2.24, 2.45) is 0 Å². The first-order valence-corrected chi connectivity index (χ1v) is 9.87. The molecule has 1 aliphatic rings. The number of ether oxygens (including phenoxy) is 3. The zero-order valence-electron chi connectivity index (χ0n) is 16.0. The standard InChI is InChI=1S/C19H24N4O4S/c1-4-10-23-17(16-12-26-14-7-5-6-8-15(14)27-16)21-22-19(23)28-13(2)18(24)20-9-11-25-3/h4-8,13,16H,1,9-12H2,2-3H3,(H,20,24)/t13-,16-/m0/s1. The number of methoxy groups -OCH3 is 1. The number of fused-ring (bicyclic) bond motifs is 1. The first-order valence-electron chi connectivity index (χ1n) is 8.99. The number of carbonyl (C=O) groups excluding carboxylic acids is 1. The van der Waals surface area contributed by atoms with Crippen LogP contribution < -0.4 is 14.8 Å². The predicted octanol–water partition coefficient (Wildman–Crippen LogP) is 2.22. The maximum absolute atomic E-state index is 12.2.